The summed E-state index contributed by atoms with van der Waals surface area (Å²) < 4.78 is 4.78. The molecule has 0 aromatic heterocycles. The van der Waals surface area contributed by atoms with E-state index in [-0.39, 0.29) is 12.0 Å². The number of hydrogen-bond acceptors (Lipinski definition) is 3. The lowest BCUT2D eigenvalue weighted by Crippen LogP contribution is -2.35. The van der Waals surface area contributed by atoms with Crippen molar-refractivity contribution in [1.29, 1.82) is 0 Å². The summed E-state index contributed by atoms with van der Waals surface area (Å²) in [6, 6.07) is 5.95. The molecule has 0 saturated carbocycles. The molecule has 1 aliphatic heterocycles. The van der Waals surface area contributed by atoms with Gasteiger partial charge in [0.1, 0.15) is 6.04 Å². The topological polar surface area (TPSA) is 38.3 Å². The molecule has 2 rings (SSSR count). The number of carbonyl (C=O) groups excluding carboxylic acids is 1. The molecular weight excluding hydrogens is 190 g/mol. The maximum absolute atomic E-state index is 11.6. The molecule has 3 heteroatoms. The molecule has 1 aliphatic rings. The lowest BCUT2D eigenvalue weighted by Gasteiger charge is -2.25. The number of aryl methyl sites for hydroxylation is 1. The summed E-state index contributed by atoms with van der Waals surface area (Å²) >= 11 is 0. The number of methoxy groups -OCH3 is 1. The van der Waals surface area contributed by atoms with Gasteiger partial charge in [-0.3, -0.25) is 0 Å². The Kier molecular flexibility index (Phi) is 2.73. The molecule has 15 heavy (non-hydrogen) atoms. The molecule has 1 aromatic carbocycles. The average molecular weight is 205 g/mol. The van der Waals surface area contributed by atoms with Gasteiger partial charge in [0.25, 0.3) is 0 Å². The van der Waals surface area contributed by atoms with Crippen LogP contribution in [0.5, 0.6) is 0 Å². The first-order valence-corrected chi connectivity index (χ1v) is 5.13. The molecule has 1 heterocycles. The van der Waals surface area contributed by atoms with Gasteiger partial charge in [0, 0.05) is 6.54 Å². The van der Waals surface area contributed by atoms with Gasteiger partial charge in [0.05, 0.1) is 7.11 Å². The van der Waals surface area contributed by atoms with Crippen LogP contribution < -0.4 is 5.32 Å². The predicted molar refractivity (Wildman–Crippen MR) is 57.6 cm³/mol. The van der Waals surface area contributed by atoms with Crippen LogP contribution in [0, 0.1) is 6.92 Å². The summed E-state index contributed by atoms with van der Waals surface area (Å²) in [5.41, 5.74) is 3.48. The number of carbonyl (C=O) groups is 1. The first-order valence-electron chi connectivity index (χ1n) is 5.13. The van der Waals surface area contributed by atoms with Crippen molar-refractivity contribution in [2.24, 2.45) is 0 Å². The summed E-state index contributed by atoms with van der Waals surface area (Å²) in [6.07, 6.45) is 0.975. The molecule has 0 aliphatic carbocycles. The van der Waals surface area contributed by atoms with E-state index in [1.807, 2.05) is 6.92 Å². The van der Waals surface area contributed by atoms with Crippen LogP contribution in [0.3, 0.4) is 0 Å². The third-order valence-electron chi connectivity index (χ3n) is 2.79. The molecule has 0 saturated heterocycles. The largest absolute Gasteiger partial charge is 0.468 e. The Hall–Kier alpha value is -1.35. The van der Waals surface area contributed by atoms with Crippen LogP contribution >= 0.6 is 0 Å². The van der Waals surface area contributed by atoms with Crippen molar-refractivity contribution in [2.75, 3.05) is 13.7 Å². The Morgan fingerprint density at radius 2 is 2.33 bits per heavy atom. The second-order valence-electron chi connectivity index (χ2n) is 3.86. The zero-order valence-electron chi connectivity index (χ0n) is 9.04. The predicted octanol–water partition coefficient (Wildman–Crippen LogP) is 1.35. The summed E-state index contributed by atoms with van der Waals surface area (Å²) in [5.74, 6) is -0.207. The van der Waals surface area contributed by atoms with Crippen molar-refractivity contribution in [3.63, 3.8) is 0 Å². The fourth-order valence-electron chi connectivity index (χ4n) is 2.00. The van der Waals surface area contributed by atoms with Gasteiger partial charge in [-0.15, -0.1) is 0 Å². The van der Waals surface area contributed by atoms with Crippen LogP contribution in [0.1, 0.15) is 22.7 Å². The minimum absolute atomic E-state index is 0.207. The summed E-state index contributed by atoms with van der Waals surface area (Å²) in [6.45, 7) is 2.86. The Bertz CT molecular complexity index is 387. The van der Waals surface area contributed by atoms with Gasteiger partial charge in [0.15, 0.2) is 0 Å². The Morgan fingerprint density at radius 1 is 1.53 bits per heavy atom. The molecule has 1 aromatic rings. The molecular formula is C12H15NO2. The lowest BCUT2D eigenvalue weighted by atomic mass is 9.93. The van der Waals surface area contributed by atoms with Crippen LogP contribution in [-0.2, 0) is 16.0 Å². The van der Waals surface area contributed by atoms with E-state index in [0.717, 1.165) is 18.5 Å². The second-order valence-corrected chi connectivity index (χ2v) is 3.86. The van der Waals surface area contributed by atoms with Crippen molar-refractivity contribution in [3.8, 4) is 0 Å². The number of hydrogen-bond donors (Lipinski definition) is 1. The van der Waals surface area contributed by atoms with E-state index >= 15 is 0 Å². The van der Waals surface area contributed by atoms with E-state index in [2.05, 4.69) is 23.5 Å². The monoisotopic (exact) mass is 205 g/mol. The van der Waals surface area contributed by atoms with Gasteiger partial charge >= 0.3 is 5.97 Å². The quantitative estimate of drug-likeness (QED) is 0.703. The van der Waals surface area contributed by atoms with E-state index in [9.17, 15) is 4.79 Å². The second kappa shape index (κ2) is 4.03. The van der Waals surface area contributed by atoms with E-state index in [1.165, 1.54) is 18.2 Å². The first kappa shape index (κ1) is 10.2. The molecule has 3 nitrogen and oxygen atoms in total. The van der Waals surface area contributed by atoms with Crippen LogP contribution in [0.4, 0.5) is 0 Å². The van der Waals surface area contributed by atoms with Crippen molar-refractivity contribution in [3.05, 3.63) is 34.9 Å². The maximum Gasteiger partial charge on any atom is 0.327 e. The van der Waals surface area contributed by atoms with Crippen molar-refractivity contribution in [1.82, 2.24) is 5.32 Å². The molecule has 0 radical (unpaired) electrons. The maximum atomic E-state index is 11.6. The van der Waals surface area contributed by atoms with E-state index in [4.69, 9.17) is 4.74 Å². The van der Waals surface area contributed by atoms with Gasteiger partial charge in [-0.1, -0.05) is 23.8 Å². The molecule has 0 amide bonds. The van der Waals surface area contributed by atoms with Crippen LogP contribution in [0.15, 0.2) is 18.2 Å². The number of benzene rings is 1. The third kappa shape index (κ3) is 1.88. The van der Waals surface area contributed by atoms with Crippen LogP contribution in [0.2, 0.25) is 0 Å². The zero-order valence-corrected chi connectivity index (χ0v) is 9.04. The van der Waals surface area contributed by atoms with E-state index in [1.54, 1.807) is 0 Å². The first-order chi connectivity index (χ1) is 7.22. The SMILES string of the molecule is COC(=O)C1NCCc2ccc(C)cc21. The zero-order chi connectivity index (χ0) is 10.8. The molecule has 0 bridgehead atoms. The molecule has 1 unspecified atom stereocenters. The highest BCUT2D eigenvalue weighted by atomic mass is 16.5. The van der Waals surface area contributed by atoms with Gasteiger partial charge in [-0.2, -0.15) is 0 Å². The highest BCUT2D eigenvalue weighted by Crippen LogP contribution is 2.24. The molecule has 80 valence electrons. The Labute approximate surface area is 89.4 Å². The number of esters is 1. The average Bonchev–Trinajstić information content (AvgIpc) is 2.27. The van der Waals surface area contributed by atoms with Gasteiger partial charge < -0.3 is 10.1 Å². The smallest absolute Gasteiger partial charge is 0.327 e. The standard InChI is InChI=1S/C12H15NO2/c1-8-3-4-9-5-6-13-11(10(9)7-8)12(14)15-2/h3-4,7,11,13H,5-6H2,1-2H3. The Morgan fingerprint density at radius 3 is 3.07 bits per heavy atom. The Balaban J connectivity index is 2.40. The van der Waals surface area contributed by atoms with Crippen LogP contribution in [-0.4, -0.2) is 19.6 Å². The summed E-state index contributed by atoms with van der Waals surface area (Å²) in [7, 11) is 1.42. The molecule has 1 N–H and O–H groups in total. The van der Waals surface area contributed by atoms with E-state index in [0.29, 0.717) is 0 Å². The lowest BCUT2D eigenvalue weighted by molar-refractivity contribution is -0.143. The minimum atomic E-state index is -0.293. The number of fused-ring (bicyclic) bond motifs is 1. The fourth-order valence-corrected chi connectivity index (χ4v) is 2.00. The summed E-state index contributed by atoms with van der Waals surface area (Å²) in [5, 5.41) is 3.18. The highest BCUT2D eigenvalue weighted by molar-refractivity contribution is 5.78. The van der Waals surface area contributed by atoms with Gasteiger partial charge in [-0.05, 0) is 24.5 Å². The summed E-state index contributed by atoms with van der Waals surface area (Å²) in [4.78, 5) is 11.6. The van der Waals surface area contributed by atoms with Crippen LogP contribution in [0.25, 0.3) is 0 Å². The molecule has 0 spiro atoms. The number of nitrogens with one attached hydrogen (secondary N) is 1. The molecule has 0 fully saturated rings. The normalized spacial score (nSPS) is 19.5. The van der Waals surface area contributed by atoms with Crippen molar-refractivity contribution in [2.45, 2.75) is 19.4 Å². The fraction of sp³-hybridized carbons (Fsp3) is 0.417. The number of rotatable bonds is 1. The van der Waals surface area contributed by atoms with Crippen molar-refractivity contribution < 1.29 is 9.53 Å². The van der Waals surface area contributed by atoms with Gasteiger partial charge in [-0.25, -0.2) is 4.79 Å². The van der Waals surface area contributed by atoms with Crippen molar-refractivity contribution >= 4 is 5.97 Å². The minimum Gasteiger partial charge on any atom is -0.468 e. The van der Waals surface area contributed by atoms with Gasteiger partial charge in [0.2, 0.25) is 0 Å². The third-order valence-corrected chi connectivity index (χ3v) is 2.79. The molecule has 1 atom stereocenters. The van der Waals surface area contributed by atoms with E-state index < -0.39 is 0 Å². The highest BCUT2D eigenvalue weighted by Gasteiger charge is 2.26. The number of ether oxygens (including phenoxy) is 1.